The first kappa shape index (κ1) is 18.6. The molecule has 1 N–H and O–H groups in total. The van der Waals surface area contributed by atoms with Crippen LogP contribution in [0.3, 0.4) is 0 Å². The lowest BCUT2D eigenvalue weighted by Crippen LogP contribution is -2.27. The third kappa shape index (κ3) is 4.49. The largest absolute Gasteiger partial charge is 0.416 e. The molecular weight excluding hydrogens is 355 g/mol. The number of pyridine rings is 2. The quantitative estimate of drug-likeness (QED) is 0.726. The summed E-state index contributed by atoms with van der Waals surface area (Å²) >= 11 is 0. The van der Waals surface area contributed by atoms with E-state index < -0.39 is 17.8 Å². The maximum Gasteiger partial charge on any atom is 0.416 e. The number of halogens is 3. The topological polar surface area (TPSA) is 54.9 Å². The summed E-state index contributed by atoms with van der Waals surface area (Å²) in [6.07, 6.45) is -1.40. The predicted molar refractivity (Wildman–Crippen MR) is 94.8 cm³/mol. The summed E-state index contributed by atoms with van der Waals surface area (Å²) in [5, 5.41) is 2.81. The van der Waals surface area contributed by atoms with Gasteiger partial charge in [-0.05, 0) is 43.3 Å². The predicted octanol–water partition coefficient (Wildman–Crippen LogP) is 4.65. The van der Waals surface area contributed by atoms with Crippen LogP contribution in [0.4, 0.5) is 13.2 Å². The fourth-order valence-electron chi connectivity index (χ4n) is 2.56. The van der Waals surface area contributed by atoms with Gasteiger partial charge in [0.15, 0.2) is 0 Å². The molecule has 7 heteroatoms. The molecule has 1 atom stereocenters. The summed E-state index contributed by atoms with van der Waals surface area (Å²) in [5.74, 6) is -0.304. The number of hydrogen-bond donors (Lipinski definition) is 1. The number of carbonyl (C=O) groups is 1. The van der Waals surface area contributed by atoms with Crippen molar-refractivity contribution in [1.29, 1.82) is 0 Å². The van der Waals surface area contributed by atoms with Gasteiger partial charge in [-0.25, -0.2) is 0 Å². The number of carbonyl (C=O) groups excluding carboxylic acids is 1. The number of rotatable bonds is 4. The van der Waals surface area contributed by atoms with Crippen LogP contribution in [0, 0.1) is 0 Å². The van der Waals surface area contributed by atoms with E-state index in [1.807, 2.05) is 0 Å². The van der Waals surface area contributed by atoms with Crippen LogP contribution < -0.4 is 5.32 Å². The second kappa shape index (κ2) is 7.57. The van der Waals surface area contributed by atoms with Crippen molar-refractivity contribution in [2.75, 3.05) is 0 Å². The van der Waals surface area contributed by atoms with Gasteiger partial charge < -0.3 is 5.32 Å². The molecule has 0 spiro atoms. The fourth-order valence-corrected chi connectivity index (χ4v) is 2.56. The maximum absolute atomic E-state index is 12.9. The van der Waals surface area contributed by atoms with Gasteiger partial charge in [0.2, 0.25) is 0 Å². The first-order chi connectivity index (χ1) is 12.8. The zero-order chi connectivity index (χ0) is 19.4. The molecule has 27 heavy (non-hydrogen) atoms. The lowest BCUT2D eigenvalue weighted by atomic mass is 10.1. The van der Waals surface area contributed by atoms with Crippen LogP contribution in [0.2, 0.25) is 0 Å². The molecule has 0 saturated carbocycles. The minimum absolute atomic E-state index is 0.304. The molecule has 1 aromatic carbocycles. The van der Waals surface area contributed by atoms with E-state index in [9.17, 15) is 18.0 Å². The van der Waals surface area contributed by atoms with Crippen molar-refractivity contribution in [3.8, 4) is 11.3 Å². The van der Waals surface area contributed by atoms with Gasteiger partial charge >= 0.3 is 6.18 Å². The third-order valence-electron chi connectivity index (χ3n) is 3.97. The smallest absolute Gasteiger partial charge is 0.344 e. The number of nitrogens with one attached hydrogen (secondary N) is 1. The van der Waals surface area contributed by atoms with Gasteiger partial charge in [-0.2, -0.15) is 13.2 Å². The molecule has 0 saturated heterocycles. The van der Waals surface area contributed by atoms with Crippen LogP contribution in [-0.2, 0) is 6.18 Å². The highest BCUT2D eigenvalue weighted by molar-refractivity contribution is 5.94. The van der Waals surface area contributed by atoms with Crippen LogP contribution in [0.15, 0.2) is 67.0 Å². The highest BCUT2D eigenvalue weighted by Crippen LogP contribution is 2.31. The number of aromatic nitrogens is 2. The molecular formula is C20H16F3N3O. The van der Waals surface area contributed by atoms with Crippen LogP contribution in [0.1, 0.15) is 34.6 Å². The van der Waals surface area contributed by atoms with Crippen LogP contribution >= 0.6 is 0 Å². The lowest BCUT2D eigenvalue weighted by molar-refractivity contribution is -0.137. The Morgan fingerprint density at radius 1 is 1.07 bits per heavy atom. The molecule has 1 amide bonds. The Morgan fingerprint density at radius 2 is 1.85 bits per heavy atom. The van der Waals surface area contributed by atoms with Gasteiger partial charge in [0, 0.05) is 18.0 Å². The van der Waals surface area contributed by atoms with E-state index in [0.29, 0.717) is 22.5 Å². The van der Waals surface area contributed by atoms with Gasteiger partial charge in [-0.15, -0.1) is 0 Å². The molecule has 2 heterocycles. The van der Waals surface area contributed by atoms with Gasteiger partial charge in [0.25, 0.3) is 5.91 Å². The minimum atomic E-state index is -4.42. The number of alkyl halides is 3. The van der Waals surface area contributed by atoms with Crippen molar-refractivity contribution in [2.45, 2.75) is 19.1 Å². The number of amides is 1. The number of nitrogens with zero attached hydrogens (tertiary/aromatic N) is 2. The van der Waals surface area contributed by atoms with Crippen molar-refractivity contribution in [3.63, 3.8) is 0 Å². The maximum atomic E-state index is 12.9. The zero-order valence-electron chi connectivity index (χ0n) is 14.4. The summed E-state index contributed by atoms with van der Waals surface area (Å²) in [4.78, 5) is 20.5. The average molecular weight is 371 g/mol. The normalized spacial score (nSPS) is 12.4. The summed E-state index contributed by atoms with van der Waals surface area (Å²) < 4.78 is 38.8. The Hall–Kier alpha value is -3.22. The zero-order valence-corrected chi connectivity index (χ0v) is 14.4. The molecule has 138 valence electrons. The van der Waals surface area contributed by atoms with Crippen molar-refractivity contribution in [3.05, 3.63) is 83.8 Å². The molecule has 0 radical (unpaired) electrons. The van der Waals surface area contributed by atoms with Gasteiger partial charge in [-0.3, -0.25) is 14.8 Å². The Bertz CT molecular complexity index is 942. The summed E-state index contributed by atoms with van der Waals surface area (Å²) in [6, 6.07) is 12.9. The van der Waals surface area contributed by atoms with Crippen molar-refractivity contribution in [2.24, 2.45) is 0 Å². The second-order valence-corrected chi connectivity index (χ2v) is 5.96. The van der Waals surface area contributed by atoms with Gasteiger partial charge in [0.1, 0.15) is 0 Å². The average Bonchev–Trinajstić information content (AvgIpc) is 2.68. The monoisotopic (exact) mass is 371 g/mol. The molecule has 3 aromatic rings. The minimum Gasteiger partial charge on any atom is -0.344 e. The van der Waals surface area contributed by atoms with E-state index in [-0.39, 0.29) is 5.91 Å². The lowest BCUT2D eigenvalue weighted by Gasteiger charge is -2.15. The first-order valence-electron chi connectivity index (χ1n) is 8.20. The molecule has 2 aromatic heterocycles. The van der Waals surface area contributed by atoms with Gasteiger partial charge in [0.05, 0.1) is 28.6 Å². The van der Waals surface area contributed by atoms with Crippen molar-refractivity contribution < 1.29 is 18.0 Å². The van der Waals surface area contributed by atoms with E-state index in [1.165, 1.54) is 12.3 Å². The van der Waals surface area contributed by atoms with Crippen molar-refractivity contribution in [1.82, 2.24) is 15.3 Å². The molecule has 0 aliphatic rings. The first-order valence-corrected chi connectivity index (χ1v) is 8.20. The molecule has 0 fully saturated rings. The van der Waals surface area contributed by atoms with E-state index in [2.05, 4.69) is 15.3 Å². The van der Waals surface area contributed by atoms with E-state index in [0.717, 1.165) is 12.1 Å². The standard InChI is InChI=1S/C20H16F3N3O/c1-13(25-19(27)15-6-4-10-24-12-15)17-8-3-9-18(26-17)14-5-2-7-16(11-14)20(21,22)23/h2-13H,1H3,(H,25,27). The highest BCUT2D eigenvalue weighted by Gasteiger charge is 2.30. The second-order valence-electron chi connectivity index (χ2n) is 5.96. The summed E-state index contributed by atoms with van der Waals surface area (Å²) in [6.45, 7) is 1.76. The Labute approximate surface area is 154 Å². The van der Waals surface area contributed by atoms with Gasteiger partial charge in [-0.1, -0.05) is 18.2 Å². The molecule has 0 aliphatic carbocycles. The highest BCUT2D eigenvalue weighted by atomic mass is 19.4. The Kier molecular flexibility index (Phi) is 5.21. The van der Waals surface area contributed by atoms with Crippen LogP contribution in [0.5, 0.6) is 0 Å². The molecule has 0 aliphatic heterocycles. The molecule has 4 nitrogen and oxygen atoms in total. The Morgan fingerprint density at radius 3 is 2.56 bits per heavy atom. The van der Waals surface area contributed by atoms with Crippen molar-refractivity contribution >= 4 is 5.91 Å². The summed E-state index contributed by atoms with van der Waals surface area (Å²) in [7, 11) is 0. The third-order valence-corrected chi connectivity index (χ3v) is 3.97. The SMILES string of the molecule is CC(NC(=O)c1cccnc1)c1cccc(-c2cccc(C(F)(F)F)c2)n1. The number of benzene rings is 1. The Balaban J connectivity index is 1.82. The van der Waals surface area contributed by atoms with Crippen LogP contribution in [-0.4, -0.2) is 15.9 Å². The molecule has 0 bridgehead atoms. The van der Waals surface area contributed by atoms with Crippen LogP contribution in [0.25, 0.3) is 11.3 Å². The molecule has 1 unspecified atom stereocenters. The van der Waals surface area contributed by atoms with E-state index >= 15 is 0 Å². The fraction of sp³-hybridized carbons (Fsp3) is 0.150. The molecule has 3 rings (SSSR count). The van der Waals surface area contributed by atoms with E-state index in [1.54, 1.807) is 49.5 Å². The summed E-state index contributed by atoms with van der Waals surface area (Å²) in [5.41, 5.74) is 0.990. The van der Waals surface area contributed by atoms with E-state index in [4.69, 9.17) is 0 Å². The number of hydrogen-bond acceptors (Lipinski definition) is 3.